The van der Waals surface area contributed by atoms with Crippen molar-refractivity contribution in [3.8, 4) is 0 Å². The Bertz CT molecular complexity index is 653. The van der Waals surface area contributed by atoms with Crippen LogP contribution in [0.3, 0.4) is 0 Å². The molecule has 6 nitrogen and oxygen atoms in total. The average molecular weight is 356 g/mol. The van der Waals surface area contributed by atoms with Crippen LogP contribution in [0.25, 0.3) is 0 Å². The molecule has 2 rings (SSSR count). The fourth-order valence-corrected chi connectivity index (χ4v) is 2.70. The van der Waals surface area contributed by atoms with Crippen molar-refractivity contribution in [3.05, 3.63) is 35.4 Å². The second-order valence-corrected chi connectivity index (χ2v) is 6.91. The molecule has 8 heteroatoms. The van der Waals surface area contributed by atoms with Crippen LogP contribution in [0.15, 0.2) is 18.2 Å². The summed E-state index contributed by atoms with van der Waals surface area (Å²) in [5.74, 6) is -2.89. The molecule has 0 aliphatic carbocycles. The zero-order valence-electron chi connectivity index (χ0n) is 14.5. The number of nitrogens with zero attached hydrogens (tertiary/aromatic N) is 2. The highest BCUT2D eigenvalue weighted by atomic mass is 19.1. The quantitative estimate of drug-likeness (QED) is 0.902. The Hall–Kier alpha value is -2.22. The minimum absolute atomic E-state index is 0.0976. The number of aliphatic carboxylic acids is 1. The first-order chi connectivity index (χ1) is 11.6. The van der Waals surface area contributed by atoms with Crippen LogP contribution in [0.2, 0.25) is 0 Å². The van der Waals surface area contributed by atoms with Crippen LogP contribution in [0, 0.1) is 11.6 Å². The van der Waals surface area contributed by atoms with E-state index in [0.717, 1.165) is 12.1 Å². The van der Waals surface area contributed by atoms with Gasteiger partial charge in [-0.25, -0.2) is 13.6 Å². The Balaban J connectivity index is 2.08. The molecule has 1 fully saturated rings. The SMILES string of the molecule is CC(C)(C)OC(=O)N1CCN(C(C(=O)O)c2ccc(F)cc2F)CC1. The number of hydrogen-bond donors (Lipinski definition) is 1. The highest BCUT2D eigenvalue weighted by Gasteiger charge is 2.34. The lowest BCUT2D eigenvalue weighted by Crippen LogP contribution is -2.52. The number of benzene rings is 1. The molecule has 1 aromatic rings. The van der Waals surface area contributed by atoms with Crippen LogP contribution >= 0.6 is 0 Å². The normalized spacial score (nSPS) is 17.2. The summed E-state index contributed by atoms with van der Waals surface area (Å²) in [6, 6.07) is 1.61. The molecule has 0 spiro atoms. The molecule has 1 atom stereocenters. The molecule has 1 N–H and O–H groups in total. The first-order valence-electron chi connectivity index (χ1n) is 7.98. The van der Waals surface area contributed by atoms with Gasteiger partial charge in [-0.2, -0.15) is 0 Å². The molecule has 0 saturated carbocycles. The molecule has 138 valence electrons. The third-order valence-electron chi connectivity index (χ3n) is 3.82. The summed E-state index contributed by atoms with van der Waals surface area (Å²) in [6.07, 6.45) is -0.466. The molecular weight excluding hydrogens is 334 g/mol. The Morgan fingerprint density at radius 2 is 1.76 bits per heavy atom. The minimum atomic E-state index is -1.23. The summed E-state index contributed by atoms with van der Waals surface area (Å²) >= 11 is 0. The van der Waals surface area contributed by atoms with Gasteiger partial charge in [0.05, 0.1) is 0 Å². The second kappa shape index (κ2) is 7.35. The standard InChI is InChI=1S/C17H22F2N2O4/c1-17(2,3)25-16(24)21-8-6-20(7-9-21)14(15(22)23)12-5-4-11(18)10-13(12)19/h4-5,10,14H,6-9H2,1-3H3,(H,22,23). The Kier molecular flexibility index (Phi) is 5.62. The van der Waals surface area contributed by atoms with Gasteiger partial charge in [0.2, 0.25) is 0 Å². The molecule has 0 bridgehead atoms. The maximum Gasteiger partial charge on any atom is 0.410 e. The fourth-order valence-electron chi connectivity index (χ4n) is 2.70. The highest BCUT2D eigenvalue weighted by Crippen LogP contribution is 2.26. The van der Waals surface area contributed by atoms with Crippen LogP contribution in [0.4, 0.5) is 13.6 Å². The molecule has 1 aromatic carbocycles. The number of carboxylic acid groups (broad SMARTS) is 1. The molecule has 1 aliphatic heterocycles. The third-order valence-corrected chi connectivity index (χ3v) is 3.82. The third kappa shape index (κ3) is 4.88. The Labute approximate surface area is 145 Å². The first-order valence-corrected chi connectivity index (χ1v) is 7.98. The summed E-state index contributed by atoms with van der Waals surface area (Å²) in [5, 5.41) is 9.49. The molecular formula is C17H22F2N2O4. The maximum atomic E-state index is 14.0. The van der Waals surface area contributed by atoms with Crippen molar-refractivity contribution in [2.45, 2.75) is 32.4 Å². The fraction of sp³-hybridized carbons (Fsp3) is 0.529. The van der Waals surface area contributed by atoms with Gasteiger partial charge in [-0.3, -0.25) is 9.69 Å². The molecule has 1 saturated heterocycles. The van der Waals surface area contributed by atoms with Crippen LogP contribution in [0.5, 0.6) is 0 Å². The molecule has 1 heterocycles. The number of amides is 1. The predicted molar refractivity (Wildman–Crippen MR) is 86.1 cm³/mol. The van der Waals surface area contributed by atoms with Crippen LogP contribution in [0.1, 0.15) is 32.4 Å². The van der Waals surface area contributed by atoms with Crippen molar-refractivity contribution < 1.29 is 28.2 Å². The number of rotatable bonds is 3. The van der Waals surface area contributed by atoms with Crippen molar-refractivity contribution >= 4 is 12.1 Å². The molecule has 1 amide bonds. The van der Waals surface area contributed by atoms with Crippen molar-refractivity contribution in [2.75, 3.05) is 26.2 Å². The second-order valence-electron chi connectivity index (χ2n) is 6.91. The van der Waals surface area contributed by atoms with Crippen molar-refractivity contribution in [1.82, 2.24) is 9.80 Å². The van der Waals surface area contributed by atoms with Crippen LogP contribution in [-0.4, -0.2) is 58.7 Å². The van der Waals surface area contributed by atoms with Crippen LogP contribution < -0.4 is 0 Å². The van der Waals surface area contributed by atoms with Crippen molar-refractivity contribution in [1.29, 1.82) is 0 Å². The zero-order chi connectivity index (χ0) is 18.8. The Morgan fingerprint density at radius 1 is 1.16 bits per heavy atom. The van der Waals surface area contributed by atoms with Crippen molar-refractivity contribution in [2.24, 2.45) is 0 Å². The van der Waals surface area contributed by atoms with Crippen LogP contribution in [-0.2, 0) is 9.53 Å². The number of carbonyl (C=O) groups is 2. The number of carbonyl (C=O) groups excluding carboxylic acids is 1. The van der Waals surface area contributed by atoms with E-state index in [-0.39, 0.29) is 31.7 Å². The monoisotopic (exact) mass is 356 g/mol. The van der Waals surface area contributed by atoms with E-state index in [0.29, 0.717) is 6.07 Å². The average Bonchev–Trinajstić information content (AvgIpc) is 2.48. The smallest absolute Gasteiger partial charge is 0.410 e. The summed E-state index contributed by atoms with van der Waals surface area (Å²) in [6.45, 7) is 6.31. The van der Waals surface area contributed by atoms with Gasteiger partial charge in [0.15, 0.2) is 0 Å². The van der Waals surface area contributed by atoms with Gasteiger partial charge in [-0.05, 0) is 26.8 Å². The van der Waals surface area contributed by atoms with Gasteiger partial charge in [0.1, 0.15) is 23.3 Å². The highest BCUT2D eigenvalue weighted by molar-refractivity contribution is 5.76. The van der Waals surface area contributed by atoms with Gasteiger partial charge < -0.3 is 14.7 Å². The number of ether oxygens (including phenoxy) is 1. The lowest BCUT2D eigenvalue weighted by Gasteiger charge is -2.38. The van der Waals surface area contributed by atoms with E-state index in [4.69, 9.17) is 4.74 Å². The first kappa shape index (κ1) is 19.1. The lowest BCUT2D eigenvalue weighted by atomic mass is 10.0. The van der Waals surface area contributed by atoms with Crippen molar-refractivity contribution in [3.63, 3.8) is 0 Å². The Morgan fingerprint density at radius 3 is 2.24 bits per heavy atom. The van der Waals surface area contributed by atoms with E-state index >= 15 is 0 Å². The predicted octanol–water partition coefficient (Wildman–Crippen LogP) is 2.64. The van der Waals surface area contributed by atoms with Gasteiger partial charge in [0, 0.05) is 37.8 Å². The van der Waals surface area contributed by atoms with E-state index in [1.165, 1.54) is 4.90 Å². The molecule has 1 unspecified atom stereocenters. The largest absolute Gasteiger partial charge is 0.480 e. The minimum Gasteiger partial charge on any atom is -0.480 e. The number of hydrogen-bond acceptors (Lipinski definition) is 4. The molecule has 1 aliphatic rings. The van der Waals surface area contributed by atoms with E-state index in [2.05, 4.69) is 0 Å². The van der Waals surface area contributed by atoms with E-state index < -0.39 is 35.3 Å². The lowest BCUT2D eigenvalue weighted by molar-refractivity contribution is -0.144. The number of carboxylic acids is 1. The number of piperazine rings is 1. The summed E-state index contributed by atoms with van der Waals surface area (Å²) in [4.78, 5) is 26.7. The van der Waals surface area contributed by atoms with Gasteiger partial charge in [-0.1, -0.05) is 6.07 Å². The number of halogens is 2. The topological polar surface area (TPSA) is 70.1 Å². The van der Waals surface area contributed by atoms with Gasteiger partial charge in [0.25, 0.3) is 0 Å². The van der Waals surface area contributed by atoms with E-state index in [1.807, 2.05) is 0 Å². The summed E-state index contributed by atoms with van der Waals surface area (Å²) < 4.78 is 32.4. The summed E-state index contributed by atoms with van der Waals surface area (Å²) in [7, 11) is 0. The summed E-state index contributed by atoms with van der Waals surface area (Å²) in [5.41, 5.74) is -0.714. The van der Waals surface area contributed by atoms with Gasteiger partial charge >= 0.3 is 12.1 Å². The molecule has 25 heavy (non-hydrogen) atoms. The molecule has 0 aromatic heterocycles. The maximum absolute atomic E-state index is 14.0. The molecule has 0 radical (unpaired) electrons. The van der Waals surface area contributed by atoms with E-state index in [9.17, 15) is 23.5 Å². The zero-order valence-corrected chi connectivity index (χ0v) is 14.5. The van der Waals surface area contributed by atoms with E-state index in [1.54, 1.807) is 25.7 Å². The van der Waals surface area contributed by atoms with Gasteiger partial charge in [-0.15, -0.1) is 0 Å².